The number of hydrogen-bond donors (Lipinski definition) is 1. The molecule has 20 heavy (non-hydrogen) atoms. The molecule has 0 aliphatic rings. The highest BCUT2D eigenvalue weighted by Crippen LogP contribution is 2.29. The maximum atomic E-state index is 6.29. The summed E-state index contributed by atoms with van der Waals surface area (Å²) < 4.78 is 6.49. The van der Waals surface area contributed by atoms with Gasteiger partial charge in [-0.3, -0.25) is 0 Å². The summed E-state index contributed by atoms with van der Waals surface area (Å²) in [6.07, 6.45) is 1.53. The molecule has 4 nitrogen and oxygen atoms in total. The lowest BCUT2D eigenvalue weighted by molar-refractivity contribution is 0.268. The van der Waals surface area contributed by atoms with Crippen LogP contribution in [0.25, 0.3) is 11.4 Å². The summed E-state index contributed by atoms with van der Waals surface area (Å²) >= 11 is 3.56. The highest BCUT2D eigenvalue weighted by atomic mass is 79.9. The molecule has 0 atom stereocenters. The second-order valence-corrected chi connectivity index (χ2v) is 6.00. The molecule has 5 heteroatoms. The van der Waals surface area contributed by atoms with E-state index in [1.54, 1.807) is 0 Å². The van der Waals surface area contributed by atoms with Gasteiger partial charge in [0, 0.05) is 10.0 Å². The van der Waals surface area contributed by atoms with Crippen molar-refractivity contribution in [2.75, 3.05) is 0 Å². The lowest BCUT2D eigenvalue weighted by Gasteiger charge is -2.20. The SMILES string of the molecule is CCC(N)(CC)c1nc(-c2cc(C)c(Br)c(C)c2)no1. The third kappa shape index (κ3) is 2.65. The molecule has 0 aliphatic heterocycles. The summed E-state index contributed by atoms with van der Waals surface area (Å²) in [6.45, 7) is 8.16. The molecule has 108 valence electrons. The average Bonchev–Trinajstić information content (AvgIpc) is 2.93. The Morgan fingerprint density at radius 1 is 1.20 bits per heavy atom. The Morgan fingerprint density at radius 2 is 1.75 bits per heavy atom. The minimum Gasteiger partial charge on any atom is -0.337 e. The Bertz CT molecular complexity index is 594. The molecule has 0 saturated heterocycles. The number of benzene rings is 1. The van der Waals surface area contributed by atoms with E-state index in [2.05, 4.69) is 26.1 Å². The van der Waals surface area contributed by atoms with E-state index in [1.165, 1.54) is 0 Å². The summed E-state index contributed by atoms with van der Waals surface area (Å²) in [4.78, 5) is 4.49. The van der Waals surface area contributed by atoms with Crippen molar-refractivity contribution < 1.29 is 4.52 Å². The van der Waals surface area contributed by atoms with Gasteiger partial charge < -0.3 is 10.3 Å². The Morgan fingerprint density at radius 3 is 2.25 bits per heavy atom. The molecular weight excluding hydrogens is 318 g/mol. The van der Waals surface area contributed by atoms with Crippen LogP contribution in [0.4, 0.5) is 0 Å². The van der Waals surface area contributed by atoms with E-state index in [9.17, 15) is 0 Å². The zero-order valence-corrected chi connectivity index (χ0v) is 13.9. The van der Waals surface area contributed by atoms with Gasteiger partial charge >= 0.3 is 0 Å². The quantitative estimate of drug-likeness (QED) is 0.912. The van der Waals surface area contributed by atoms with Crippen LogP contribution in [0, 0.1) is 13.8 Å². The molecule has 2 N–H and O–H groups in total. The number of aromatic nitrogens is 2. The van der Waals surface area contributed by atoms with Crippen molar-refractivity contribution in [1.82, 2.24) is 10.1 Å². The molecule has 1 aromatic heterocycles. The molecule has 0 unspecified atom stereocenters. The molecule has 0 aliphatic carbocycles. The van der Waals surface area contributed by atoms with Crippen molar-refractivity contribution in [2.45, 2.75) is 46.1 Å². The van der Waals surface area contributed by atoms with Gasteiger partial charge in [-0.15, -0.1) is 0 Å². The van der Waals surface area contributed by atoms with Gasteiger partial charge in [-0.25, -0.2) is 0 Å². The fourth-order valence-corrected chi connectivity index (χ4v) is 2.40. The van der Waals surface area contributed by atoms with Gasteiger partial charge in [0.1, 0.15) is 0 Å². The van der Waals surface area contributed by atoms with Gasteiger partial charge in [0.2, 0.25) is 11.7 Å². The molecule has 0 amide bonds. The lowest BCUT2D eigenvalue weighted by Crippen LogP contribution is -2.35. The minimum absolute atomic E-state index is 0.510. The van der Waals surface area contributed by atoms with Crippen LogP contribution in [-0.2, 0) is 5.54 Å². The summed E-state index contributed by atoms with van der Waals surface area (Å²) in [5.41, 5.74) is 9.00. The Hall–Kier alpha value is -1.20. The van der Waals surface area contributed by atoms with E-state index in [0.29, 0.717) is 11.7 Å². The van der Waals surface area contributed by atoms with Crippen molar-refractivity contribution in [3.63, 3.8) is 0 Å². The van der Waals surface area contributed by atoms with Crippen LogP contribution >= 0.6 is 15.9 Å². The number of rotatable bonds is 4. The third-order valence-corrected chi connectivity index (χ3v) is 5.06. The Kier molecular flexibility index (Phi) is 4.30. The third-order valence-electron chi connectivity index (χ3n) is 3.81. The van der Waals surface area contributed by atoms with Gasteiger partial charge in [-0.05, 0) is 49.9 Å². The summed E-state index contributed by atoms with van der Waals surface area (Å²) in [5, 5.41) is 4.08. The van der Waals surface area contributed by atoms with Crippen LogP contribution in [0.2, 0.25) is 0 Å². The average molecular weight is 338 g/mol. The second kappa shape index (κ2) is 5.66. The highest BCUT2D eigenvalue weighted by molar-refractivity contribution is 9.10. The van der Waals surface area contributed by atoms with E-state index < -0.39 is 5.54 Å². The van der Waals surface area contributed by atoms with Gasteiger partial charge in [-0.2, -0.15) is 4.98 Å². The fraction of sp³-hybridized carbons (Fsp3) is 0.467. The number of aryl methyl sites for hydroxylation is 2. The standard InChI is InChI=1S/C15H20BrN3O/c1-5-15(17,6-2)14-18-13(19-20-14)11-7-9(3)12(16)10(4)8-11/h7-8H,5-6,17H2,1-4H3. The molecule has 0 fully saturated rings. The van der Waals surface area contributed by atoms with Gasteiger partial charge in [0.15, 0.2) is 0 Å². The molecule has 0 saturated carbocycles. The molecular formula is C15H20BrN3O. The van der Waals surface area contributed by atoms with Crippen LogP contribution in [-0.4, -0.2) is 10.1 Å². The number of nitrogens with two attached hydrogens (primary N) is 1. The Labute approximate surface area is 127 Å². The van der Waals surface area contributed by atoms with Gasteiger partial charge in [0.25, 0.3) is 0 Å². The van der Waals surface area contributed by atoms with Crippen molar-refractivity contribution in [3.05, 3.63) is 33.6 Å². The molecule has 0 spiro atoms. The number of halogens is 1. The van der Waals surface area contributed by atoms with Crippen LogP contribution in [0.5, 0.6) is 0 Å². The van der Waals surface area contributed by atoms with Crippen molar-refractivity contribution >= 4 is 15.9 Å². The predicted molar refractivity (Wildman–Crippen MR) is 83.4 cm³/mol. The topological polar surface area (TPSA) is 64.9 Å². The normalized spacial score (nSPS) is 11.9. The second-order valence-electron chi connectivity index (χ2n) is 5.21. The summed E-state index contributed by atoms with van der Waals surface area (Å²) in [7, 11) is 0. The molecule has 2 rings (SSSR count). The maximum Gasteiger partial charge on any atom is 0.247 e. The number of nitrogens with zero attached hydrogens (tertiary/aromatic N) is 2. The first-order valence-corrected chi connectivity index (χ1v) is 7.60. The van der Waals surface area contributed by atoms with Gasteiger partial charge in [0.05, 0.1) is 5.54 Å². The van der Waals surface area contributed by atoms with Crippen molar-refractivity contribution in [3.8, 4) is 11.4 Å². The van der Waals surface area contributed by atoms with Crippen LogP contribution < -0.4 is 5.73 Å². The van der Waals surface area contributed by atoms with Crippen molar-refractivity contribution in [2.24, 2.45) is 5.73 Å². The zero-order valence-electron chi connectivity index (χ0n) is 12.3. The number of hydrogen-bond acceptors (Lipinski definition) is 4. The molecule has 1 aromatic carbocycles. The molecule has 0 radical (unpaired) electrons. The lowest BCUT2D eigenvalue weighted by atomic mass is 9.94. The predicted octanol–water partition coefficient (Wildman–Crippen LogP) is 4.09. The van der Waals surface area contributed by atoms with E-state index in [1.807, 2.05) is 39.8 Å². The zero-order chi connectivity index (χ0) is 14.9. The first kappa shape index (κ1) is 15.2. The smallest absolute Gasteiger partial charge is 0.247 e. The van der Waals surface area contributed by atoms with Crippen molar-refractivity contribution in [1.29, 1.82) is 0 Å². The largest absolute Gasteiger partial charge is 0.337 e. The highest BCUT2D eigenvalue weighted by Gasteiger charge is 2.30. The molecule has 1 heterocycles. The minimum atomic E-state index is -0.537. The van der Waals surface area contributed by atoms with E-state index in [0.717, 1.165) is 34.0 Å². The van der Waals surface area contributed by atoms with Crippen LogP contribution in [0.1, 0.15) is 43.7 Å². The van der Waals surface area contributed by atoms with Crippen LogP contribution in [0.15, 0.2) is 21.1 Å². The monoisotopic (exact) mass is 337 g/mol. The first-order chi connectivity index (χ1) is 9.41. The molecule has 2 aromatic rings. The Balaban J connectivity index is 2.44. The van der Waals surface area contributed by atoms with E-state index in [4.69, 9.17) is 10.3 Å². The summed E-state index contributed by atoms with van der Waals surface area (Å²) in [6, 6.07) is 4.09. The van der Waals surface area contributed by atoms with Gasteiger partial charge in [-0.1, -0.05) is 34.9 Å². The molecule has 0 bridgehead atoms. The van der Waals surface area contributed by atoms with Crippen LogP contribution in [0.3, 0.4) is 0 Å². The van der Waals surface area contributed by atoms with E-state index >= 15 is 0 Å². The first-order valence-electron chi connectivity index (χ1n) is 6.81. The fourth-order valence-electron chi connectivity index (χ4n) is 2.17. The van der Waals surface area contributed by atoms with E-state index in [-0.39, 0.29) is 0 Å². The maximum absolute atomic E-state index is 6.29. The summed E-state index contributed by atoms with van der Waals surface area (Å²) in [5.74, 6) is 1.10.